The van der Waals surface area contributed by atoms with Gasteiger partial charge in [-0.1, -0.05) is 20.8 Å². The first-order valence-electron chi connectivity index (χ1n) is 5.20. The van der Waals surface area contributed by atoms with E-state index in [1.807, 2.05) is 24.7 Å². The molecule has 2 heterocycles. The van der Waals surface area contributed by atoms with Crippen LogP contribution in [0.4, 0.5) is 0 Å². The standard InChI is InChI=1S/C12H17N3/c1-8-14-10-9(12(2,3)4)6-7-13-11(10)15(8)5/h6-7H,1-5H3. The van der Waals surface area contributed by atoms with Gasteiger partial charge in [-0.25, -0.2) is 9.97 Å². The van der Waals surface area contributed by atoms with Gasteiger partial charge in [0.15, 0.2) is 5.65 Å². The second-order valence-corrected chi connectivity index (χ2v) is 5.00. The number of rotatable bonds is 0. The average molecular weight is 203 g/mol. The van der Waals surface area contributed by atoms with Crippen LogP contribution in [0.1, 0.15) is 32.2 Å². The summed E-state index contributed by atoms with van der Waals surface area (Å²) in [5.41, 5.74) is 3.38. The normalized spacial score (nSPS) is 12.3. The van der Waals surface area contributed by atoms with E-state index in [4.69, 9.17) is 0 Å². The number of imidazole rings is 1. The molecule has 0 saturated heterocycles. The second kappa shape index (κ2) is 3.05. The van der Waals surface area contributed by atoms with Crippen LogP contribution in [-0.4, -0.2) is 14.5 Å². The summed E-state index contributed by atoms with van der Waals surface area (Å²) in [4.78, 5) is 8.96. The quantitative estimate of drug-likeness (QED) is 0.659. The number of aryl methyl sites for hydroxylation is 2. The molecule has 0 aliphatic heterocycles. The van der Waals surface area contributed by atoms with E-state index >= 15 is 0 Å². The van der Waals surface area contributed by atoms with Crippen molar-refractivity contribution in [1.29, 1.82) is 0 Å². The zero-order chi connectivity index (χ0) is 11.2. The van der Waals surface area contributed by atoms with E-state index in [-0.39, 0.29) is 5.41 Å². The fourth-order valence-corrected chi connectivity index (χ4v) is 1.79. The van der Waals surface area contributed by atoms with Crippen LogP contribution < -0.4 is 0 Å². The molecule has 80 valence electrons. The molecular weight excluding hydrogens is 186 g/mol. The first-order chi connectivity index (χ1) is 6.91. The predicted octanol–water partition coefficient (Wildman–Crippen LogP) is 2.57. The lowest BCUT2D eigenvalue weighted by Gasteiger charge is -2.18. The third-order valence-electron chi connectivity index (χ3n) is 2.79. The van der Waals surface area contributed by atoms with Gasteiger partial charge in [0.25, 0.3) is 0 Å². The van der Waals surface area contributed by atoms with Gasteiger partial charge in [-0.3, -0.25) is 0 Å². The van der Waals surface area contributed by atoms with Crippen molar-refractivity contribution in [3.8, 4) is 0 Å². The zero-order valence-corrected chi connectivity index (χ0v) is 10.00. The van der Waals surface area contributed by atoms with Gasteiger partial charge in [-0.15, -0.1) is 0 Å². The first kappa shape index (κ1) is 10.1. The van der Waals surface area contributed by atoms with Crippen LogP contribution in [0.3, 0.4) is 0 Å². The minimum Gasteiger partial charge on any atom is -0.316 e. The van der Waals surface area contributed by atoms with Crippen molar-refractivity contribution in [1.82, 2.24) is 14.5 Å². The molecule has 0 bridgehead atoms. The Morgan fingerprint density at radius 3 is 2.53 bits per heavy atom. The Labute approximate surface area is 90.2 Å². The second-order valence-electron chi connectivity index (χ2n) is 5.00. The van der Waals surface area contributed by atoms with Crippen molar-refractivity contribution in [2.75, 3.05) is 0 Å². The minimum absolute atomic E-state index is 0.113. The molecule has 3 heteroatoms. The minimum atomic E-state index is 0.113. The highest BCUT2D eigenvalue weighted by molar-refractivity contribution is 5.76. The van der Waals surface area contributed by atoms with Gasteiger partial charge in [0.05, 0.1) is 0 Å². The lowest BCUT2D eigenvalue weighted by molar-refractivity contribution is 0.594. The molecule has 0 unspecified atom stereocenters. The summed E-state index contributed by atoms with van der Waals surface area (Å²) in [5.74, 6) is 1.01. The predicted molar refractivity (Wildman–Crippen MR) is 61.9 cm³/mol. The van der Waals surface area contributed by atoms with E-state index in [1.54, 1.807) is 0 Å². The van der Waals surface area contributed by atoms with Crippen LogP contribution in [0.15, 0.2) is 12.3 Å². The molecule has 0 amide bonds. The van der Waals surface area contributed by atoms with Crippen LogP contribution >= 0.6 is 0 Å². The van der Waals surface area contributed by atoms with Crippen LogP contribution in [0.5, 0.6) is 0 Å². The summed E-state index contributed by atoms with van der Waals surface area (Å²) in [6.45, 7) is 8.61. The highest BCUT2D eigenvalue weighted by Crippen LogP contribution is 2.28. The molecule has 0 spiro atoms. The number of aromatic nitrogens is 3. The van der Waals surface area contributed by atoms with Gasteiger partial charge < -0.3 is 4.57 Å². The van der Waals surface area contributed by atoms with Gasteiger partial charge in [0.1, 0.15) is 11.3 Å². The van der Waals surface area contributed by atoms with E-state index in [9.17, 15) is 0 Å². The Balaban J connectivity index is 2.83. The third kappa shape index (κ3) is 1.52. The van der Waals surface area contributed by atoms with Crippen molar-refractivity contribution in [2.24, 2.45) is 7.05 Å². The maximum absolute atomic E-state index is 4.58. The number of hydrogen-bond acceptors (Lipinski definition) is 2. The van der Waals surface area contributed by atoms with Crippen LogP contribution in [0.25, 0.3) is 11.2 Å². The average Bonchev–Trinajstić information content (AvgIpc) is 2.41. The monoisotopic (exact) mass is 203 g/mol. The van der Waals surface area contributed by atoms with E-state index < -0.39 is 0 Å². The van der Waals surface area contributed by atoms with Gasteiger partial charge in [0, 0.05) is 13.2 Å². The largest absolute Gasteiger partial charge is 0.316 e. The van der Waals surface area contributed by atoms with Crippen molar-refractivity contribution in [3.63, 3.8) is 0 Å². The molecule has 0 atom stereocenters. The van der Waals surface area contributed by atoms with Gasteiger partial charge in [0.2, 0.25) is 0 Å². The van der Waals surface area contributed by atoms with Crippen LogP contribution in [0, 0.1) is 6.92 Å². The van der Waals surface area contributed by atoms with Gasteiger partial charge >= 0.3 is 0 Å². The van der Waals surface area contributed by atoms with E-state index in [0.29, 0.717) is 0 Å². The molecule has 0 aliphatic rings. The first-order valence-corrected chi connectivity index (χ1v) is 5.20. The molecule has 0 N–H and O–H groups in total. The lowest BCUT2D eigenvalue weighted by Crippen LogP contribution is -2.12. The number of fused-ring (bicyclic) bond motifs is 1. The lowest BCUT2D eigenvalue weighted by atomic mass is 9.87. The summed E-state index contributed by atoms with van der Waals surface area (Å²) in [6, 6.07) is 2.06. The molecule has 0 aromatic carbocycles. The summed E-state index contributed by atoms with van der Waals surface area (Å²) in [7, 11) is 2.00. The maximum Gasteiger partial charge on any atom is 0.160 e. The summed E-state index contributed by atoms with van der Waals surface area (Å²) in [6.07, 6.45) is 1.87. The summed E-state index contributed by atoms with van der Waals surface area (Å²) < 4.78 is 2.03. The zero-order valence-electron chi connectivity index (χ0n) is 10.00. The van der Waals surface area contributed by atoms with E-state index in [0.717, 1.165) is 17.0 Å². The van der Waals surface area contributed by atoms with Gasteiger partial charge in [-0.05, 0) is 24.0 Å². The molecule has 2 aromatic heterocycles. The molecule has 0 saturated carbocycles. The van der Waals surface area contributed by atoms with Crippen LogP contribution in [-0.2, 0) is 12.5 Å². The van der Waals surface area contributed by atoms with Gasteiger partial charge in [-0.2, -0.15) is 0 Å². The molecule has 0 aliphatic carbocycles. The van der Waals surface area contributed by atoms with E-state index in [2.05, 4.69) is 36.8 Å². The van der Waals surface area contributed by atoms with Crippen molar-refractivity contribution in [2.45, 2.75) is 33.1 Å². The molecule has 15 heavy (non-hydrogen) atoms. The topological polar surface area (TPSA) is 30.7 Å². The van der Waals surface area contributed by atoms with Crippen molar-refractivity contribution >= 4 is 11.2 Å². The Morgan fingerprint density at radius 2 is 1.93 bits per heavy atom. The molecule has 0 fully saturated rings. The number of hydrogen-bond donors (Lipinski definition) is 0. The van der Waals surface area contributed by atoms with Crippen LogP contribution in [0.2, 0.25) is 0 Å². The van der Waals surface area contributed by atoms with Crippen molar-refractivity contribution in [3.05, 3.63) is 23.7 Å². The fraction of sp³-hybridized carbons (Fsp3) is 0.500. The number of nitrogens with zero attached hydrogens (tertiary/aromatic N) is 3. The fourth-order valence-electron chi connectivity index (χ4n) is 1.79. The Bertz CT molecular complexity index is 503. The molecule has 0 radical (unpaired) electrons. The maximum atomic E-state index is 4.58. The SMILES string of the molecule is Cc1nc2c(C(C)(C)C)ccnc2n1C. The molecule has 2 aromatic rings. The molecule has 2 rings (SSSR count). The summed E-state index contributed by atoms with van der Waals surface area (Å²) in [5, 5.41) is 0. The molecular formula is C12H17N3. The van der Waals surface area contributed by atoms with Crippen molar-refractivity contribution < 1.29 is 0 Å². The Morgan fingerprint density at radius 1 is 1.27 bits per heavy atom. The Hall–Kier alpha value is -1.38. The highest BCUT2D eigenvalue weighted by Gasteiger charge is 2.19. The Kier molecular flexibility index (Phi) is 2.07. The van der Waals surface area contributed by atoms with E-state index in [1.165, 1.54) is 5.56 Å². The smallest absolute Gasteiger partial charge is 0.160 e. The highest BCUT2D eigenvalue weighted by atomic mass is 15.1. The third-order valence-corrected chi connectivity index (χ3v) is 2.79. The molecule has 3 nitrogen and oxygen atoms in total. The summed E-state index contributed by atoms with van der Waals surface area (Å²) >= 11 is 0. The number of pyridine rings is 1.